The Morgan fingerprint density at radius 2 is 1.89 bits per heavy atom. The molecule has 5 heteroatoms. The number of ether oxygens (including phenoxy) is 2. The Labute approximate surface area is 107 Å². The summed E-state index contributed by atoms with van der Waals surface area (Å²) in [5.41, 5.74) is 7.54. The number of nitrogens with two attached hydrogens (primary N) is 1. The highest BCUT2D eigenvalue weighted by Gasteiger charge is 2.13. The minimum Gasteiger partial charge on any atom is -0.493 e. The number of hydrogen-bond donors (Lipinski definition) is 2. The highest BCUT2D eigenvalue weighted by atomic mass is 16.5. The molecule has 1 unspecified atom stereocenters. The third kappa shape index (κ3) is 3.37. The molecule has 0 heterocycles. The summed E-state index contributed by atoms with van der Waals surface area (Å²) in [5, 5.41) is 8.74. The van der Waals surface area contributed by atoms with Gasteiger partial charge < -0.3 is 20.3 Å². The fourth-order valence-corrected chi connectivity index (χ4v) is 1.73. The highest BCUT2D eigenvalue weighted by molar-refractivity contribution is 5.73. The van der Waals surface area contributed by atoms with Gasteiger partial charge in [-0.15, -0.1) is 0 Å². The van der Waals surface area contributed by atoms with Crippen molar-refractivity contribution in [1.82, 2.24) is 0 Å². The van der Waals surface area contributed by atoms with Gasteiger partial charge in [0.05, 0.1) is 14.2 Å². The van der Waals surface area contributed by atoms with Gasteiger partial charge in [0, 0.05) is 0 Å². The van der Waals surface area contributed by atoms with E-state index in [1.165, 1.54) is 0 Å². The van der Waals surface area contributed by atoms with Crippen LogP contribution in [0.4, 0.5) is 0 Å². The second kappa shape index (κ2) is 6.26. The summed E-state index contributed by atoms with van der Waals surface area (Å²) in [5.74, 6) is 0.330. The van der Waals surface area contributed by atoms with E-state index in [9.17, 15) is 4.79 Å². The molecule has 0 aliphatic rings. The number of carboxylic acids is 1. The minimum absolute atomic E-state index is 0.395. The van der Waals surface area contributed by atoms with Crippen LogP contribution in [0.15, 0.2) is 12.1 Å². The van der Waals surface area contributed by atoms with Crippen molar-refractivity contribution < 1.29 is 19.4 Å². The first kappa shape index (κ1) is 14.3. The lowest BCUT2D eigenvalue weighted by molar-refractivity contribution is -0.138. The Morgan fingerprint density at radius 1 is 1.33 bits per heavy atom. The first-order chi connectivity index (χ1) is 8.49. The largest absolute Gasteiger partial charge is 0.493 e. The molecule has 0 aliphatic carbocycles. The smallest absolute Gasteiger partial charge is 0.320 e. The van der Waals surface area contributed by atoms with Crippen molar-refractivity contribution in [3.05, 3.63) is 23.3 Å². The molecule has 1 rings (SSSR count). The van der Waals surface area contributed by atoms with E-state index in [2.05, 4.69) is 0 Å². The standard InChI is InChI=1S/C13H19NO4/c1-8-6-11(17-2)12(18-3)7-9(8)4-5-10(14)13(15)16/h6-7,10H,4-5,14H2,1-3H3,(H,15,16). The average Bonchev–Trinajstić information content (AvgIpc) is 2.36. The monoisotopic (exact) mass is 253 g/mol. The normalized spacial score (nSPS) is 12.0. The second-order valence-corrected chi connectivity index (χ2v) is 4.12. The number of hydrogen-bond acceptors (Lipinski definition) is 4. The van der Waals surface area contributed by atoms with Crippen molar-refractivity contribution in [2.75, 3.05) is 14.2 Å². The summed E-state index contributed by atoms with van der Waals surface area (Å²) in [7, 11) is 3.15. The Morgan fingerprint density at radius 3 is 2.39 bits per heavy atom. The van der Waals surface area contributed by atoms with Crippen LogP contribution in [0.3, 0.4) is 0 Å². The van der Waals surface area contributed by atoms with Crippen molar-refractivity contribution in [3.8, 4) is 11.5 Å². The maximum atomic E-state index is 10.7. The molecular weight excluding hydrogens is 234 g/mol. The Hall–Kier alpha value is -1.75. The minimum atomic E-state index is -0.979. The molecule has 0 saturated heterocycles. The molecule has 0 saturated carbocycles. The summed E-state index contributed by atoms with van der Waals surface area (Å²) >= 11 is 0. The van der Waals surface area contributed by atoms with E-state index in [1.54, 1.807) is 14.2 Å². The topological polar surface area (TPSA) is 81.8 Å². The fraction of sp³-hybridized carbons (Fsp3) is 0.462. The van der Waals surface area contributed by atoms with Gasteiger partial charge in [0.1, 0.15) is 6.04 Å². The van der Waals surface area contributed by atoms with Crippen LogP contribution in [0.2, 0.25) is 0 Å². The third-order valence-electron chi connectivity index (χ3n) is 2.88. The zero-order chi connectivity index (χ0) is 13.7. The Bertz CT molecular complexity index is 431. The van der Waals surface area contributed by atoms with E-state index >= 15 is 0 Å². The predicted octanol–water partition coefficient (Wildman–Crippen LogP) is 1.36. The van der Waals surface area contributed by atoms with Gasteiger partial charge in [-0.25, -0.2) is 0 Å². The molecule has 100 valence electrons. The summed E-state index contributed by atoms with van der Waals surface area (Å²) in [6, 6.07) is 2.90. The van der Waals surface area contributed by atoms with Gasteiger partial charge >= 0.3 is 5.97 Å². The molecule has 0 bridgehead atoms. The number of aliphatic carboxylic acids is 1. The van der Waals surface area contributed by atoms with Crippen LogP contribution in [0.5, 0.6) is 11.5 Å². The van der Waals surface area contributed by atoms with Crippen LogP contribution < -0.4 is 15.2 Å². The number of benzene rings is 1. The van der Waals surface area contributed by atoms with Gasteiger partial charge in [0.2, 0.25) is 0 Å². The number of carboxylic acid groups (broad SMARTS) is 1. The molecule has 3 N–H and O–H groups in total. The SMILES string of the molecule is COc1cc(C)c(CCC(N)C(=O)O)cc1OC. The first-order valence-electron chi connectivity index (χ1n) is 5.69. The zero-order valence-electron chi connectivity index (χ0n) is 10.9. The summed E-state index contributed by atoms with van der Waals surface area (Å²) in [6.07, 6.45) is 0.991. The number of methoxy groups -OCH3 is 2. The van der Waals surface area contributed by atoms with Gasteiger partial charge in [-0.05, 0) is 43.0 Å². The van der Waals surface area contributed by atoms with E-state index < -0.39 is 12.0 Å². The van der Waals surface area contributed by atoms with Crippen LogP contribution in [-0.4, -0.2) is 31.3 Å². The molecule has 1 atom stereocenters. The quantitative estimate of drug-likeness (QED) is 0.800. The fourth-order valence-electron chi connectivity index (χ4n) is 1.73. The second-order valence-electron chi connectivity index (χ2n) is 4.12. The van der Waals surface area contributed by atoms with Crippen molar-refractivity contribution in [1.29, 1.82) is 0 Å². The van der Waals surface area contributed by atoms with Gasteiger partial charge in [-0.3, -0.25) is 4.79 Å². The van der Waals surface area contributed by atoms with E-state index in [4.69, 9.17) is 20.3 Å². The van der Waals surface area contributed by atoms with Crippen LogP contribution in [0, 0.1) is 6.92 Å². The van der Waals surface area contributed by atoms with Crippen LogP contribution in [0.25, 0.3) is 0 Å². The third-order valence-corrected chi connectivity index (χ3v) is 2.88. The van der Waals surface area contributed by atoms with Gasteiger partial charge in [-0.2, -0.15) is 0 Å². The van der Waals surface area contributed by atoms with E-state index in [1.807, 2.05) is 19.1 Å². The molecular formula is C13H19NO4. The van der Waals surface area contributed by atoms with E-state index in [-0.39, 0.29) is 0 Å². The van der Waals surface area contributed by atoms with Crippen LogP contribution >= 0.6 is 0 Å². The molecule has 0 spiro atoms. The summed E-state index contributed by atoms with van der Waals surface area (Å²) in [4.78, 5) is 10.7. The zero-order valence-corrected chi connectivity index (χ0v) is 10.9. The molecule has 1 aromatic rings. The van der Waals surface area contributed by atoms with Crippen LogP contribution in [-0.2, 0) is 11.2 Å². The Kier molecular flexibility index (Phi) is 4.97. The average molecular weight is 253 g/mol. The van der Waals surface area contributed by atoms with Gasteiger partial charge in [0.15, 0.2) is 11.5 Å². The van der Waals surface area contributed by atoms with Crippen LogP contribution in [0.1, 0.15) is 17.5 Å². The number of carbonyl (C=O) groups is 1. The summed E-state index contributed by atoms with van der Waals surface area (Å²) in [6.45, 7) is 1.95. The molecule has 0 fully saturated rings. The molecule has 0 aliphatic heterocycles. The van der Waals surface area contributed by atoms with Crippen molar-refractivity contribution in [2.24, 2.45) is 5.73 Å². The van der Waals surface area contributed by atoms with Crippen molar-refractivity contribution >= 4 is 5.97 Å². The molecule has 1 aromatic carbocycles. The predicted molar refractivity (Wildman–Crippen MR) is 68.2 cm³/mol. The summed E-state index contributed by atoms with van der Waals surface area (Å²) < 4.78 is 10.4. The lowest BCUT2D eigenvalue weighted by atomic mass is 10.0. The highest BCUT2D eigenvalue weighted by Crippen LogP contribution is 2.30. The van der Waals surface area contributed by atoms with Gasteiger partial charge in [0.25, 0.3) is 0 Å². The van der Waals surface area contributed by atoms with Crippen molar-refractivity contribution in [3.63, 3.8) is 0 Å². The molecule has 18 heavy (non-hydrogen) atoms. The van der Waals surface area contributed by atoms with Crippen molar-refractivity contribution in [2.45, 2.75) is 25.8 Å². The molecule has 0 amide bonds. The lowest BCUT2D eigenvalue weighted by Gasteiger charge is -2.13. The molecule has 0 aromatic heterocycles. The molecule has 5 nitrogen and oxygen atoms in total. The first-order valence-corrected chi connectivity index (χ1v) is 5.69. The number of rotatable bonds is 6. The Balaban J connectivity index is 2.86. The van der Waals surface area contributed by atoms with E-state index in [0.717, 1.165) is 11.1 Å². The number of aryl methyl sites for hydroxylation is 2. The van der Waals surface area contributed by atoms with E-state index in [0.29, 0.717) is 24.3 Å². The maximum absolute atomic E-state index is 10.7. The maximum Gasteiger partial charge on any atom is 0.320 e. The lowest BCUT2D eigenvalue weighted by Crippen LogP contribution is -2.30. The van der Waals surface area contributed by atoms with Gasteiger partial charge in [-0.1, -0.05) is 0 Å². The molecule has 0 radical (unpaired) electrons.